The zero-order chi connectivity index (χ0) is 12.6. The molecule has 0 aliphatic heterocycles. The largest absolute Gasteiger partial charge is 0.263 e. The molecule has 3 heteroatoms. The topological polar surface area (TPSA) is 30.7 Å². The molecule has 0 aliphatic rings. The van der Waals surface area contributed by atoms with Gasteiger partial charge in [-0.3, -0.25) is 9.67 Å². The van der Waals surface area contributed by atoms with Crippen LogP contribution < -0.4 is 0 Å². The summed E-state index contributed by atoms with van der Waals surface area (Å²) in [6.07, 6.45) is 1.97. The summed E-state index contributed by atoms with van der Waals surface area (Å²) in [6.45, 7) is 11.7. The van der Waals surface area contributed by atoms with E-state index in [9.17, 15) is 0 Å². The van der Waals surface area contributed by atoms with Crippen LogP contribution in [0.1, 0.15) is 57.8 Å². The molecule has 2 heterocycles. The number of hydrogen-bond acceptors (Lipinski definition) is 2. The third kappa shape index (κ3) is 2.06. The Bertz CT molecular complexity index is 523. The highest BCUT2D eigenvalue weighted by molar-refractivity contribution is 5.82. The average Bonchev–Trinajstić information content (AvgIpc) is 2.66. The van der Waals surface area contributed by atoms with Crippen LogP contribution in [0.4, 0.5) is 0 Å². The molecule has 92 valence electrons. The first-order valence-electron chi connectivity index (χ1n) is 6.41. The summed E-state index contributed by atoms with van der Waals surface area (Å²) in [5, 5.41) is 5.95. The fraction of sp³-hybridized carbons (Fsp3) is 0.571. The molecule has 2 rings (SSSR count). The van der Waals surface area contributed by atoms with Gasteiger partial charge in [0.25, 0.3) is 0 Å². The summed E-state index contributed by atoms with van der Waals surface area (Å²) in [6, 6.07) is 2.20. The number of aromatic nitrogens is 3. The summed E-state index contributed by atoms with van der Waals surface area (Å²) >= 11 is 0. The number of pyridine rings is 1. The highest BCUT2D eigenvalue weighted by Crippen LogP contribution is 2.26. The molecule has 2 aromatic heterocycles. The van der Waals surface area contributed by atoms with E-state index in [0.717, 1.165) is 17.8 Å². The van der Waals surface area contributed by atoms with E-state index in [1.807, 2.05) is 10.9 Å². The van der Waals surface area contributed by atoms with Gasteiger partial charge < -0.3 is 0 Å². The highest BCUT2D eigenvalue weighted by Gasteiger charge is 2.14. The van der Waals surface area contributed by atoms with E-state index < -0.39 is 0 Å². The molecule has 0 saturated carbocycles. The molecule has 0 unspecified atom stereocenters. The first kappa shape index (κ1) is 12.1. The molecule has 0 bridgehead atoms. The second-order valence-corrected chi connectivity index (χ2v) is 5.14. The van der Waals surface area contributed by atoms with Crippen LogP contribution >= 0.6 is 0 Å². The fourth-order valence-corrected chi connectivity index (χ4v) is 2.10. The normalized spacial score (nSPS) is 11.9. The second-order valence-electron chi connectivity index (χ2n) is 5.14. The number of fused-ring (bicyclic) bond motifs is 1. The van der Waals surface area contributed by atoms with Crippen LogP contribution in [0.5, 0.6) is 0 Å². The molecule has 0 aromatic carbocycles. The summed E-state index contributed by atoms with van der Waals surface area (Å²) in [7, 11) is 0. The van der Waals surface area contributed by atoms with Gasteiger partial charge in [-0.05, 0) is 24.8 Å². The molecule has 2 aromatic rings. The first-order chi connectivity index (χ1) is 8.04. The molecule has 0 N–H and O–H groups in total. The maximum absolute atomic E-state index is 4.68. The van der Waals surface area contributed by atoms with Crippen molar-refractivity contribution >= 4 is 10.9 Å². The van der Waals surface area contributed by atoms with Crippen LogP contribution in [0.3, 0.4) is 0 Å². The molecule has 0 saturated heterocycles. The third-order valence-corrected chi connectivity index (χ3v) is 3.12. The van der Waals surface area contributed by atoms with Crippen molar-refractivity contribution in [3.63, 3.8) is 0 Å². The quantitative estimate of drug-likeness (QED) is 0.806. The third-order valence-electron chi connectivity index (χ3n) is 3.12. The average molecular weight is 231 g/mol. The van der Waals surface area contributed by atoms with E-state index in [1.165, 1.54) is 11.1 Å². The van der Waals surface area contributed by atoms with Crippen LogP contribution in [0.25, 0.3) is 10.9 Å². The predicted octanol–water partition coefficient (Wildman–Crippen LogP) is 3.70. The van der Waals surface area contributed by atoms with Crippen molar-refractivity contribution in [2.75, 3.05) is 0 Å². The Kier molecular flexibility index (Phi) is 3.18. The second kappa shape index (κ2) is 4.47. The summed E-state index contributed by atoms with van der Waals surface area (Å²) in [4.78, 5) is 4.53. The lowest BCUT2D eigenvalue weighted by atomic mass is 10.0. The lowest BCUT2D eigenvalue weighted by Gasteiger charge is -2.05. The molecule has 0 amide bonds. The van der Waals surface area contributed by atoms with E-state index in [2.05, 4.69) is 50.8 Å². The first-order valence-corrected chi connectivity index (χ1v) is 6.41. The Labute approximate surface area is 103 Å². The fourth-order valence-electron chi connectivity index (χ4n) is 2.10. The number of nitrogens with zero attached hydrogens (tertiary/aromatic N) is 3. The monoisotopic (exact) mass is 231 g/mol. The van der Waals surface area contributed by atoms with Gasteiger partial charge in [0.1, 0.15) is 0 Å². The van der Waals surface area contributed by atoms with Crippen LogP contribution in [0.2, 0.25) is 0 Å². The van der Waals surface area contributed by atoms with E-state index in [1.54, 1.807) is 0 Å². The van der Waals surface area contributed by atoms with Crippen molar-refractivity contribution in [2.45, 2.75) is 53.0 Å². The van der Waals surface area contributed by atoms with Crippen molar-refractivity contribution in [1.82, 2.24) is 14.8 Å². The molecular weight excluding hydrogens is 210 g/mol. The van der Waals surface area contributed by atoms with Gasteiger partial charge in [0.05, 0.1) is 17.4 Å². The van der Waals surface area contributed by atoms with E-state index in [4.69, 9.17) is 0 Å². The van der Waals surface area contributed by atoms with Crippen LogP contribution in [-0.4, -0.2) is 14.8 Å². The molecule has 0 aliphatic carbocycles. The van der Waals surface area contributed by atoms with Crippen molar-refractivity contribution < 1.29 is 0 Å². The van der Waals surface area contributed by atoms with Crippen molar-refractivity contribution in [3.05, 3.63) is 23.7 Å². The zero-order valence-electron chi connectivity index (χ0n) is 11.4. The van der Waals surface area contributed by atoms with Gasteiger partial charge in [0.15, 0.2) is 0 Å². The van der Waals surface area contributed by atoms with Crippen LogP contribution in [-0.2, 0) is 6.54 Å². The Morgan fingerprint density at radius 1 is 1.18 bits per heavy atom. The zero-order valence-corrected chi connectivity index (χ0v) is 11.4. The van der Waals surface area contributed by atoms with Gasteiger partial charge >= 0.3 is 0 Å². The molecular formula is C14H21N3. The van der Waals surface area contributed by atoms with Gasteiger partial charge in [-0.15, -0.1) is 0 Å². The Morgan fingerprint density at radius 2 is 1.88 bits per heavy atom. The van der Waals surface area contributed by atoms with Gasteiger partial charge in [0, 0.05) is 17.6 Å². The minimum absolute atomic E-state index is 0.452. The molecule has 3 nitrogen and oxygen atoms in total. The summed E-state index contributed by atoms with van der Waals surface area (Å²) < 4.78 is 2.04. The molecule has 17 heavy (non-hydrogen) atoms. The Balaban J connectivity index is 2.69. The standard InChI is InChI=1S/C14H21N3/c1-6-17-13-8-15-12(9(2)3)7-11(13)14(16-17)10(4)5/h7-10H,6H2,1-5H3. The smallest absolute Gasteiger partial charge is 0.0868 e. The maximum Gasteiger partial charge on any atom is 0.0868 e. The Hall–Kier alpha value is -1.38. The van der Waals surface area contributed by atoms with E-state index in [0.29, 0.717) is 11.8 Å². The molecule has 0 spiro atoms. The lowest BCUT2D eigenvalue weighted by Crippen LogP contribution is -1.98. The summed E-state index contributed by atoms with van der Waals surface area (Å²) in [5.74, 6) is 0.914. The summed E-state index contributed by atoms with van der Waals surface area (Å²) in [5.41, 5.74) is 3.49. The SMILES string of the molecule is CCn1nc(C(C)C)c2cc(C(C)C)ncc21. The van der Waals surface area contributed by atoms with E-state index >= 15 is 0 Å². The lowest BCUT2D eigenvalue weighted by molar-refractivity contribution is 0.653. The minimum atomic E-state index is 0.452. The number of hydrogen-bond donors (Lipinski definition) is 0. The predicted molar refractivity (Wildman–Crippen MR) is 71.4 cm³/mol. The van der Waals surface area contributed by atoms with Crippen molar-refractivity contribution in [3.8, 4) is 0 Å². The molecule has 0 atom stereocenters. The van der Waals surface area contributed by atoms with Gasteiger partial charge in [0.2, 0.25) is 0 Å². The van der Waals surface area contributed by atoms with Gasteiger partial charge in [-0.25, -0.2) is 0 Å². The number of aryl methyl sites for hydroxylation is 1. The minimum Gasteiger partial charge on any atom is -0.263 e. The van der Waals surface area contributed by atoms with E-state index in [-0.39, 0.29) is 0 Å². The van der Waals surface area contributed by atoms with Crippen LogP contribution in [0, 0.1) is 0 Å². The van der Waals surface area contributed by atoms with Crippen LogP contribution in [0.15, 0.2) is 12.3 Å². The Morgan fingerprint density at radius 3 is 2.41 bits per heavy atom. The van der Waals surface area contributed by atoms with Crippen molar-refractivity contribution in [1.29, 1.82) is 0 Å². The molecule has 0 radical (unpaired) electrons. The highest BCUT2D eigenvalue weighted by atomic mass is 15.3. The van der Waals surface area contributed by atoms with Gasteiger partial charge in [-0.1, -0.05) is 27.7 Å². The maximum atomic E-state index is 4.68. The number of rotatable bonds is 3. The van der Waals surface area contributed by atoms with Gasteiger partial charge in [-0.2, -0.15) is 5.10 Å². The van der Waals surface area contributed by atoms with Crippen molar-refractivity contribution in [2.24, 2.45) is 0 Å². The molecule has 0 fully saturated rings.